The third-order valence-electron chi connectivity index (χ3n) is 6.26. The van der Waals surface area contributed by atoms with Crippen LogP contribution in [0.25, 0.3) is 11.8 Å². The van der Waals surface area contributed by atoms with Crippen LogP contribution in [-0.2, 0) is 6.42 Å². The zero-order valence-electron chi connectivity index (χ0n) is 18.3. The van der Waals surface area contributed by atoms with Crippen LogP contribution >= 0.6 is 11.6 Å². The molecule has 6 heteroatoms. The average Bonchev–Trinajstić information content (AvgIpc) is 3.24. The van der Waals surface area contributed by atoms with Crippen molar-refractivity contribution in [3.05, 3.63) is 86.6 Å². The third-order valence-corrected chi connectivity index (χ3v) is 6.56. The van der Waals surface area contributed by atoms with Gasteiger partial charge in [0.2, 0.25) is 0 Å². The van der Waals surface area contributed by atoms with Crippen LogP contribution in [0.4, 0.5) is 5.69 Å². The van der Waals surface area contributed by atoms with E-state index < -0.39 is 0 Å². The standard InChI is InChI=1S/C26H26ClN3O2/c1-17-15-26(31)30(18(2)28-17)20-9-10-24(23(27)16-20)29-13-11-21(12-14-29)32-25-8-4-6-19-5-3-7-22(19)25/h3-4,6-10,15-16,21H,5,11-14H2,1-2H3. The first-order chi connectivity index (χ1) is 15.5. The molecule has 3 aromatic rings. The monoisotopic (exact) mass is 447 g/mol. The van der Waals surface area contributed by atoms with E-state index in [0.29, 0.717) is 16.5 Å². The Hall–Kier alpha value is -3.05. The van der Waals surface area contributed by atoms with Gasteiger partial charge in [0.1, 0.15) is 17.7 Å². The van der Waals surface area contributed by atoms with Crippen molar-refractivity contribution >= 4 is 23.4 Å². The molecule has 1 fully saturated rings. The Kier molecular flexibility index (Phi) is 5.51. The number of halogens is 1. The molecular weight excluding hydrogens is 422 g/mol. The fraction of sp³-hybridized carbons (Fsp3) is 0.308. The second-order valence-corrected chi connectivity index (χ2v) is 8.90. The van der Waals surface area contributed by atoms with Gasteiger partial charge in [0.15, 0.2) is 0 Å². The van der Waals surface area contributed by atoms with Gasteiger partial charge in [0.05, 0.1) is 16.4 Å². The maximum atomic E-state index is 12.5. The van der Waals surface area contributed by atoms with Gasteiger partial charge in [-0.25, -0.2) is 4.98 Å². The summed E-state index contributed by atoms with van der Waals surface area (Å²) in [6.07, 6.45) is 7.41. The Bertz CT molecular complexity index is 1260. The van der Waals surface area contributed by atoms with E-state index in [0.717, 1.165) is 49.5 Å². The first kappa shape index (κ1) is 20.8. The number of nitrogens with zero attached hydrogens (tertiary/aromatic N) is 3. The van der Waals surface area contributed by atoms with Crippen LogP contribution in [0, 0.1) is 13.8 Å². The highest BCUT2D eigenvalue weighted by molar-refractivity contribution is 6.33. The molecule has 2 heterocycles. The molecule has 0 spiro atoms. The molecule has 2 aromatic carbocycles. The van der Waals surface area contributed by atoms with E-state index in [1.54, 1.807) is 4.57 Å². The summed E-state index contributed by atoms with van der Waals surface area (Å²) in [7, 11) is 0. The van der Waals surface area contributed by atoms with Crippen LogP contribution in [0.1, 0.15) is 35.5 Å². The van der Waals surface area contributed by atoms with Crippen molar-refractivity contribution in [1.29, 1.82) is 0 Å². The second kappa shape index (κ2) is 8.47. The van der Waals surface area contributed by atoms with E-state index in [-0.39, 0.29) is 11.7 Å². The molecule has 0 saturated carbocycles. The van der Waals surface area contributed by atoms with E-state index in [1.807, 2.05) is 32.0 Å². The normalized spacial score (nSPS) is 15.8. The molecule has 0 bridgehead atoms. The molecule has 2 aliphatic rings. The topological polar surface area (TPSA) is 47.4 Å². The largest absolute Gasteiger partial charge is 0.490 e. The van der Waals surface area contributed by atoms with Gasteiger partial charge in [0, 0.05) is 43.3 Å². The zero-order valence-corrected chi connectivity index (χ0v) is 19.1. The maximum absolute atomic E-state index is 12.5. The molecule has 0 amide bonds. The Balaban J connectivity index is 1.29. The zero-order chi connectivity index (χ0) is 22.2. The van der Waals surface area contributed by atoms with E-state index in [4.69, 9.17) is 16.3 Å². The lowest BCUT2D eigenvalue weighted by atomic mass is 10.1. The summed E-state index contributed by atoms with van der Waals surface area (Å²) in [5.41, 5.74) is 4.91. The van der Waals surface area contributed by atoms with E-state index in [9.17, 15) is 4.79 Å². The molecule has 0 unspecified atom stereocenters. The number of aromatic nitrogens is 2. The highest BCUT2D eigenvalue weighted by Gasteiger charge is 2.24. The van der Waals surface area contributed by atoms with Crippen LogP contribution < -0.4 is 15.2 Å². The molecule has 5 nitrogen and oxygen atoms in total. The molecule has 1 aromatic heterocycles. The highest BCUT2D eigenvalue weighted by atomic mass is 35.5. The maximum Gasteiger partial charge on any atom is 0.258 e. The Morgan fingerprint density at radius 1 is 1.09 bits per heavy atom. The number of fused-ring (bicyclic) bond motifs is 1. The predicted molar refractivity (Wildman–Crippen MR) is 129 cm³/mol. The number of ether oxygens (including phenoxy) is 1. The Morgan fingerprint density at radius 3 is 2.66 bits per heavy atom. The van der Waals surface area contributed by atoms with Crippen LogP contribution in [0.2, 0.25) is 5.02 Å². The Morgan fingerprint density at radius 2 is 1.91 bits per heavy atom. The third kappa shape index (κ3) is 3.93. The highest BCUT2D eigenvalue weighted by Crippen LogP contribution is 2.33. The fourth-order valence-corrected chi connectivity index (χ4v) is 5.00. The lowest BCUT2D eigenvalue weighted by Crippen LogP contribution is -2.38. The summed E-state index contributed by atoms with van der Waals surface area (Å²) in [6, 6.07) is 13.6. The molecule has 5 rings (SSSR count). The van der Waals surface area contributed by atoms with Crippen molar-refractivity contribution in [2.24, 2.45) is 0 Å². The molecular formula is C26H26ClN3O2. The van der Waals surface area contributed by atoms with Crippen LogP contribution in [-0.4, -0.2) is 28.7 Å². The summed E-state index contributed by atoms with van der Waals surface area (Å²) in [5.74, 6) is 1.64. The number of allylic oxidation sites excluding steroid dienone is 1. The summed E-state index contributed by atoms with van der Waals surface area (Å²) >= 11 is 6.66. The number of hydrogen-bond donors (Lipinski definition) is 0. The minimum Gasteiger partial charge on any atom is -0.490 e. The summed E-state index contributed by atoms with van der Waals surface area (Å²) in [6.45, 7) is 5.40. The van der Waals surface area contributed by atoms with Gasteiger partial charge in [-0.15, -0.1) is 0 Å². The number of hydrogen-bond acceptors (Lipinski definition) is 4. The number of aryl methyl sites for hydroxylation is 2. The summed E-state index contributed by atoms with van der Waals surface area (Å²) in [5, 5.41) is 0.639. The van der Waals surface area contributed by atoms with E-state index in [1.165, 1.54) is 17.2 Å². The van der Waals surface area contributed by atoms with Crippen LogP contribution in [0.15, 0.2) is 53.3 Å². The van der Waals surface area contributed by atoms with Gasteiger partial charge in [0.25, 0.3) is 5.56 Å². The van der Waals surface area contributed by atoms with Gasteiger partial charge < -0.3 is 9.64 Å². The molecule has 32 heavy (non-hydrogen) atoms. The van der Waals surface area contributed by atoms with Gasteiger partial charge in [-0.1, -0.05) is 35.9 Å². The number of rotatable bonds is 4. The summed E-state index contributed by atoms with van der Waals surface area (Å²) in [4.78, 5) is 19.2. The second-order valence-electron chi connectivity index (χ2n) is 8.49. The molecule has 1 aliphatic heterocycles. The first-order valence-corrected chi connectivity index (χ1v) is 11.4. The van der Waals surface area contributed by atoms with Gasteiger partial charge in [-0.05, 0) is 50.1 Å². The van der Waals surface area contributed by atoms with Crippen molar-refractivity contribution in [3.8, 4) is 11.4 Å². The minimum absolute atomic E-state index is 0.0981. The molecule has 0 atom stereocenters. The smallest absolute Gasteiger partial charge is 0.258 e. The number of piperidine rings is 1. The summed E-state index contributed by atoms with van der Waals surface area (Å²) < 4.78 is 7.96. The molecule has 1 aliphatic carbocycles. The quantitative estimate of drug-likeness (QED) is 0.557. The molecule has 164 valence electrons. The lowest BCUT2D eigenvalue weighted by Gasteiger charge is -2.34. The minimum atomic E-state index is -0.0981. The van der Waals surface area contributed by atoms with Gasteiger partial charge in [-0.3, -0.25) is 9.36 Å². The van der Waals surface area contributed by atoms with Gasteiger partial charge >= 0.3 is 0 Å². The van der Waals surface area contributed by atoms with E-state index >= 15 is 0 Å². The van der Waals surface area contributed by atoms with Crippen molar-refractivity contribution in [2.45, 2.75) is 39.2 Å². The van der Waals surface area contributed by atoms with Crippen molar-refractivity contribution in [1.82, 2.24) is 9.55 Å². The van der Waals surface area contributed by atoms with Crippen molar-refractivity contribution in [2.75, 3.05) is 18.0 Å². The fourth-order valence-electron chi connectivity index (χ4n) is 4.70. The molecule has 1 saturated heterocycles. The SMILES string of the molecule is Cc1cc(=O)n(-c2ccc(N3CCC(Oc4cccc5c4C=CC5)CC3)c(Cl)c2)c(C)n1. The van der Waals surface area contributed by atoms with E-state index in [2.05, 4.69) is 40.2 Å². The molecule has 0 radical (unpaired) electrons. The average molecular weight is 448 g/mol. The van der Waals surface area contributed by atoms with Crippen molar-refractivity contribution < 1.29 is 4.74 Å². The van der Waals surface area contributed by atoms with Crippen molar-refractivity contribution in [3.63, 3.8) is 0 Å². The van der Waals surface area contributed by atoms with Crippen LogP contribution in [0.3, 0.4) is 0 Å². The lowest BCUT2D eigenvalue weighted by molar-refractivity contribution is 0.170. The van der Waals surface area contributed by atoms with Crippen LogP contribution in [0.5, 0.6) is 5.75 Å². The molecule has 0 N–H and O–H groups in total. The Labute approximate surface area is 192 Å². The first-order valence-electron chi connectivity index (χ1n) is 11.1. The predicted octanol–water partition coefficient (Wildman–Crippen LogP) is 5.12. The van der Waals surface area contributed by atoms with Gasteiger partial charge in [-0.2, -0.15) is 0 Å². The number of benzene rings is 2. The number of anilines is 1.